The van der Waals surface area contributed by atoms with Crippen LogP contribution in [0.1, 0.15) is 33.9 Å². The zero-order valence-electron chi connectivity index (χ0n) is 12.4. The van der Waals surface area contributed by atoms with Gasteiger partial charge in [-0.3, -0.25) is 4.79 Å². The molecule has 1 aromatic carbocycles. The van der Waals surface area contributed by atoms with Crippen LogP contribution in [0.15, 0.2) is 41.8 Å². The molecule has 0 amide bonds. The number of hydrogen-bond donors (Lipinski definition) is 0. The minimum Gasteiger partial charge on any atom is -0.461 e. The number of esters is 1. The van der Waals surface area contributed by atoms with E-state index >= 15 is 0 Å². The van der Waals surface area contributed by atoms with Crippen molar-refractivity contribution in [3.05, 3.63) is 58.1 Å². The van der Waals surface area contributed by atoms with E-state index in [4.69, 9.17) is 4.74 Å². The van der Waals surface area contributed by atoms with Crippen molar-refractivity contribution in [2.45, 2.75) is 12.8 Å². The van der Waals surface area contributed by atoms with Crippen LogP contribution in [0.5, 0.6) is 0 Å². The highest BCUT2D eigenvalue weighted by molar-refractivity contribution is 7.10. The summed E-state index contributed by atoms with van der Waals surface area (Å²) in [6, 6.07) is 11.2. The molecule has 2 aromatic rings. The molecule has 0 bridgehead atoms. The summed E-state index contributed by atoms with van der Waals surface area (Å²) >= 11 is 1.10. The van der Waals surface area contributed by atoms with Gasteiger partial charge in [0, 0.05) is 5.38 Å². The van der Waals surface area contributed by atoms with E-state index in [-0.39, 0.29) is 18.1 Å². The van der Waals surface area contributed by atoms with Crippen molar-refractivity contribution in [1.82, 2.24) is 4.98 Å². The summed E-state index contributed by atoms with van der Waals surface area (Å²) in [5.41, 5.74) is 0.982. The van der Waals surface area contributed by atoms with Gasteiger partial charge in [0.2, 0.25) is 0 Å². The van der Waals surface area contributed by atoms with Gasteiger partial charge in [0.1, 0.15) is 5.01 Å². The maximum atomic E-state index is 12.2. The Kier molecular flexibility index (Phi) is 5.78. The summed E-state index contributed by atoms with van der Waals surface area (Å²) in [5, 5.41) is 11.0. The molecule has 0 saturated carbocycles. The molecule has 0 aliphatic heterocycles. The first-order chi connectivity index (χ1) is 11.2. The van der Waals surface area contributed by atoms with Gasteiger partial charge in [0.15, 0.2) is 17.4 Å². The highest BCUT2D eigenvalue weighted by Crippen LogP contribution is 2.22. The molecule has 1 atom stereocenters. The number of allylic oxidation sites excluding steroid dienone is 1. The minimum atomic E-state index is -1.02. The molecule has 0 N–H and O–H groups in total. The first-order valence-corrected chi connectivity index (χ1v) is 7.82. The summed E-state index contributed by atoms with van der Waals surface area (Å²) in [5.74, 6) is -1.96. The average Bonchev–Trinajstić information content (AvgIpc) is 3.05. The van der Waals surface area contributed by atoms with E-state index < -0.39 is 11.9 Å². The zero-order chi connectivity index (χ0) is 16.7. The Balaban J connectivity index is 2.13. The Labute approximate surface area is 137 Å². The molecule has 0 fully saturated rings. The lowest BCUT2D eigenvalue weighted by molar-refractivity contribution is -0.114. The van der Waals surface area contributed by atoms with Crippen molar-refractivity contribution in [3.8, 4) is 6.07 Å². The standard InChI is InChI=1S/C17H14N2O3S/c1-2-22-17(21)14-11-23-16(19-14)13(10-18)15(20)9-8-12-6-4-3-5-7-12/h3-9,11,13H,2H2,1H3. The summed E-state index contributed by atoms with van der Waals surface area (Å²) in [4.78, 5) is 27.8. The van der Waals surface area contributed by atoms with Crippen molar-refractivity contribution in [1.29, 1.82) is 5.26 Å². The van der Waals surface area contributed by atoms with Gasteiger partial charge < -0.3 is 4.74 Å². The third kappa shape index (κ3) is 4.34. The highest BCUT2D eigenvalue weighted by atomic mass is 32.1. The topological polar surface area (TPSA) is 80.0 Å². The molecule has 1 aromatic heterocycles. The van der Waals surface area contributed by atoms with Crippen LogP contribution in [0.3, 0.4) is 0 Å². The summed E-state index contributed by atoms with van der Waals surface area (Å²) in [6.45, 7) is 1.94. The van der Waals surface area contributed by atoms with Gasteiger partial charge in [-0.15, -0.1) is 11.3 Å². The number of ketones is 1. The molecule has 1 unspecified atom stereocenters. The van der Waals surface area contributed by atoms with Crippen LogP contribution >= 0.6 is 11.3 Å². The molecule has 116 valence electrons. The molecule has 0 aliphatic rings. The third-order valence-corrected chi connectivity index (χ3v) is 3.82. The van der Waals surface area contributed by atoms with E-state index in [0.29, 0.717) is 5.01 Å². The van der Waals surface area contributed by atoms with E-state index in [1.54, 1.807) is 13.0 Å². The molecule has 0 radical (unpaired) electrons. The minimum absolute atomic E-state index is 0.118. The second-order valence-electron chi connectivity index (χ2n) is 4.50. The van der Waals surface area contributed by atoms with Crippen molar-refractivity contribution in [2.24, 2.45) is 0 Å². The number of ether oxygens (including phenoxy) is 1. The Bertz CT molecular complexity index is 760. The Morgan fingerprint density at radius 1 is 1.39 bits per heavy atom. The molecule has 2 rings (SSSR count). The monoisotopic (exact) mass is 326 g/mol. The van der Waals surface area contributed by atoms with Crippen molar-refractivity contribution < 1.29 is 14.3 Å². The molecule has 0 saturated heterocycles. The summed E-state index contributed by atoms with van der Waals surface area (Å²) < 4.78 is 4.84. The van der Waals surface area contributed by atoms with Gasteiger partial charge in [-0.25, -0.2) is 9.78 Å². The van der Waals surface area contributed by atoms with E-state index in [0.717, 1.165) is 16.9 Å². The predicted molar refractivity (Wildman–Crippen MR) is 86.9 cm³/mol. The van der Waals surface area contributed by atoms with Crippen LogP contribution in [0.4, 0.5) is 0 Å². The van der Waals surface area contributed by atoms with E-state index in [1.807, 2.05) is 36.4 Å². The SMILES string of the molecule is CCOC(=O)c1csc(C(C#N)C(=O)C=Cc2ccccc2)n1. The van der Waals surface area contributed by atoms with Crippen molar-refractivity contribution in [3.63, 3.8) is 0 Å². The van der Waals surface area contributed by atoms with Crippen molar-refractivity contribution >= 4 is 29.2 Å². The fraction of sp³-hybridized carbons (Fsp3) is 0.176. The number of rotatable bonds is 6. The highest BCUT2D eigenvalue weighted by Gasteiger charge is 2.23. The lowest BCUT2D eigenvalue weighted by atomic mass is 10.1. The third-order valence-electron chi connectivity index (χ3n) is 2.91. The number of nitriles is 1. The average molecular weight is 326 g/mol. The smallest absolute Gasteiger partial charge is 0.357 e. The van der Waals surface area contributed by atoms with E-state index in [2.05, 4.69) is 4.98 Å². The van der Waals surface area contributed by atoms with Gasteiger partial charge in [-0.2, -0.15) is 5.26 Å². The lowest BCUT2D eigenvalue weighted by Gasteiger charge is -2.01. The molecule has 6 heteroatoms. The van der Waals surface area contributed by atoms with Crippen LogP contribution in [-0.4, -0.2) is 23.3 Å². The second-order valence-corrected chi connectivity index (χ2v) is 5.39. The normalized spacial score (nSPS) is 11.8. The zero-order valence-corrected chi connectivity index (χ0v) is 13.2. The quantitative estimate of drug-likeness (QED) is 0.601. The first kappa shape index (κ1) is 16.6. The fourth-order valence-electron chi connectivity index (χ4n) is 1.80. The van der Waals surface area contributed by atoms with Gasteiger partial charge in [-0.05, 0) is 18.6 Å². The molecular formula is C17H14N2O3S. The molecule has 0 spiro atoms. The molecular weight excluding hydrogens is 312 g/mol. The summed E-state index contributed by atoms with van der Waals surface area (Å²) in [7, 11) is 0. The lowest BCUT2D eigenvalue weighted by Crippen LogP contribution is -2.09. The van der Waals surface area contributed by atoms with Crippen molar-refractivity contribution in [2.75, 3.05) is 6.61 Å². The van der Waals surface area contributed by atoms with E-state index in [9.17, 15) is 14.9 Å². The Morgan fingerprint density at radius 3 is 2.78 bits per heavy atom. The number of carbonyl (C=O) groups excluding carboxylic acids is 2. The molecule has 23 heavy (non-hydrogen) atoms. The van der Waals surface area contributed by atoms with E-state index in [1.165, 1.54) is 11.5 Å². The van der Waals surface area contributed by atoms with Gasteiger partial charge in [0.25, 0.3) is 0 Å². The van der Waals surface area contributed by atoms with Crippen LogP contribution in [0.25, 0.3) is 6.08 Å². The van der Waals surface area contributed by atoms with Gasteiger partial charge in [-0.1, -0.05) is 36.4 Å². The predicted octanol–water partition coefficient (Wildman–Crippen LogP) is 3.21. The maximum Gasteiger partial charge on any atom is 0.357 e. The van der Waals surface area contributed by atoms with Crippen LogP contribution in [0, 0.1) is 11.3 Å². The number of hydrogen-bond acceptors (Lipinski definition) is 6. The van der Waals surface area contributed by atoms with Gasteiger partial charge in [0.05, 0.1) is 12.7 Å². The Morgan fingerprint density at radius 2 is 2.13 bits per heavy atom. The second kappa shape index (κ2) is 8.01. The van der Waals surface area contributed by atoms with Gasteiger partial charge >= 0.3 is 5.97 Å². The Hall–Kier alpha value is -2.78. The number of nitrogens with zero attached hydrogens (tertiary/aromatic N) is 2. The largest absolute Gasteiger partial charge is 0.461 e. The number of benzene rings is 1. The number of carbonyl (C=O) groups is 2. The van der Waals surface area contributed by atoms with Crippen LogP contribution < -0.4 is 0 Å². The maximum absolute atomic E-state index is 12.2. The van der Waals surface area contributed by atoms with Crippen LogP contribution in [0.2, 0.25) is 0 Å². The fourth-order valence-corrected chi connectivity index (χ4v) is 2.64. The first-order valence-electron chi connectivity index (χ1n) is 6.94. The molecule has 1 heterocycles. The van der Waals surface area contributed by atoms with Crippen LogP contribution in [-0.2, 0) is 9.53 Å². The molecule has 0 aliphatic carbocycles. The number of thiazole rings is 1. The molecule has 5 nitrogen and oxygen atoms in total. The number of aromatic nitrogens is 1. The summed E-state index contributed by atoms with van der Waals surface area (Å²) in [6.07, 6.45) is 3.00.